The average molecular weight is 1480 g/mol. The standard InChI is InChI=1S/C70H103N19O15S/c1-105-37-31-47(60(76)95)82-62(97)48(15-5-7-32-71)81-58(93)40-80-61(96)52(39-42-19-21-43(22-20-42)59(94)44-23-25-45(90)26-24-44)86-65(100)53(38-41-12-3-2-4-13-41)87-64(99)49(27-29-56(74)91)83-63(98)50(28-30-57(75)92)84-66(101)55-18-11-36-89(55)69(104)51(16-6-8-33-72)85-67(102)54-17-10-35-88(54)68(103)46(73)14-9-34-79-70(77)78/h2-4,12-13,19-26,46-55,90H,5-11,14-18,27-40,71-73H2,1H3,(H2,74,91)(H2,75,92)(H2,76,95)(H,80,96)(H,81,93)(H,82,97)(H,83,98)(H,84,101)(H,85,102)(H,86,100)(H,87,99)(H4,77,78,79)/t46-,47-,48-,49-,50-,51-,52?,53-,54-,55-/m0/s1. The molecule has 5 rings (SSSR count). The van der Waals surface area contributed by atoms with Crippen LogP contribution in [0.3, 0.4) is 0 Å². The Hall–Kier alpha value is -10.3. The second-order valence-corrected chi connectivity index (χ2v) is 26.9. The van der Waals surface area contributed by atoms with Crippen molar-refractivity contribution in [1.29, 1.82) is 0 Å². The van der Waals surface area contributed by atoms with Gasteiger partial charge in [-0.25, -0.2) is 0 Å². The molecule has 2 aliphatic heterocycles. The number of rotatable bonds is 46. The first-order chi connectivity index (χ1) is 50.1. The largest absolute Gasteiger partial charge is 0.508 e. The summed E-state index contributed by atoms with van der Waals surface area (Å²) in [7, 11) is 0. The molecule has 0 spiro atoms. The second kappa shape index (κ2) is 44.4. The van der Waals surface area contributed by atoms with Gasteiger partial charge in [-0.05, 0) is 157 Å². The van der Waals surface area contributed by atoms with Gasteiger partial charge in [-0.15, -0.1) is 0 Å². The second-order valence-electron chi connectivity index (χ2n) is 25.9. The lowest BCUT2D eigenvalue weighted by Crippen LogP contribution is -2.60. The zero-order valence-corrected chi connectivity index (χ0v) is 60.0. The predicted octanol–water partition coefficient (Wildman–Crippen LogP) is -3.69. The SMILES string of the molecule is CSCC[C@H](NC(=O)[C@H](CCCCN)NC(=O)CNC(=O)C(Cc1ccc(C(=O)c2ccc(O)cc2)cc1)NC(=O)[C@H](Cc1ccccc1)NC(=O)[C@H](CCC(N)=O)NC(=O)[C@H](CCC(N)=O)NC(=O)[C@@H]1CCCN1C(=O)[C@H](CCCCN)NC(=O)[C@@H]1CCCN1C(=O)[C@@H](N)CCCN=C(N)N)C(N)=O. The fourth-order valence-corrected chi connectivity index (χ4v) is 12.5. The lowest BCUT2D eigenvalue weighted by molar-refractivity contribution is -0.144. The highest BCUT2D eigenvalue weighted by molar-refractivity contribution is 7.98. The molecule has 3 aromatic carbocycles. The number of aromatic hydroxyl groups is 1. The zero-order valence-electron chi connectivity index (χ0n) is 59.2. The number of phenols is 1. The van der Waals surface area contributed by atoms with Gasteiger partial charge in [-0.3, -0.25) is 72.1 Å². The van der Waals surface area contributed by atoms with E-state index in [0.29, 0.717) is 61.8 Å². The van der Waals surface area contributed by atoms with E-state index in [1.807, 2.05) is 6.26 Å². The van der Waals surface area contributed by atoms with Crippen molar-refractivity contribution in [3.05, 3.63) is 101 Å². The highest BCUT2D eigenvalue weighted by Crippen LogP contribution is 2.24. The topological polar surface area (TPSA) is 582 Å². The Bertz CT molecular complexity index is 3500. The molecule has 0 aliphatic carbocycles. The van der Waals surface area contributed by atoms with Crippen LogP contribution in [-0.4, -0.2) is 215 Å². The number of thioether (sulfide) groups is 1. The van der Waals surface area contributed by atoms with E-state index in [2.05, 4.69) is 47.5 Å². The Morgan fingerprint density at radius 2 is 0.962 bits per heavy atom. The molecule has 34 nitrogen and oxygen atoms in total. The van der Waals surface area contributed by atoms with E-state index < -0.39 is 175 Å². The number of nitrogens with zero attached hydrogens (tertiary/aromatic N) is 3. The minimum Gasteiger partial charge on any atom is -0.508 e. The van der Waals surface area contributed by atoms with Crippen LogP contribution in [0.15, 0.2) is 83.9 Å². The van der Waals surface area contributed by atoms with Gasteiger partial charge >= 0.3 is 0 Å². The number of hydrogen-bond acceptors (Lipinski definition) is 20. The number of primary amides is 3. The van der Waals surface area contributed by atoms with Crippen LogP contribution < -0.4 is 88.4 Å². The van der Waals surface area contributed by atoms with E-state index in [-0.39, 0.29) is 107 Å². The number of carbonyl (C=O) groups is 14. The maximum Gasteiger partial charge on any atom is 0.245 e. The third-order valence-corrected chi connectivity index (χ3v) is 18.4. The van der Waals surface area contributed by atoms with E-state index >= 15 is 0 Å². The highest BCUT2D eigenvalue weighted by atomic mass is 32.2. The van der Waals surface area contributed by atoms with Crippen molar-refractivity contribution < 1.29 is 72.2 Å². The molecule has 3 aromatic rings. The number of likely N-dealkylation sites (tertiary alicyclic amines) is 2. The maximum absolute atomic E-state index is 15.0. The van der Waals surface area contributed by atoms with Crippen LogP contribution in [0.5, 0.6) is 5.75 Å². The Morgan fingerprint density at radius 1 is 0.505 bits per heavy atom. The highest BCUT2D eigenvalue weighted by Gasteiger charge is 2.42. The molecule has 2 fully saturated rings. The molecule has 2 saturated heterocycles. The molecule has 13 amide bonds. The zero-order chi connectivity index (χ0) is 77.1. The summed E-state index contributed by atoms with van der Waals surface area (Å²) in [6.07, 6.45) is 3.28. The van der Waals surface area contributed by atoms with Gasteiger partial charge in [0, 0.05) is 56.4 Å². The summed E-state index contributed by atoms with van der Waals surface area (Å²) >= 11 is 1.43. The minimum atomic E-state index is -1.71. The monoisotopic (exact) mass is 1480 g/mol. The van der Waals surface area contributed by atoms with E-state index in [9.17, 15) is 72.2 Å². The van der Waals surface area contributed by atoms with Crippen LogP contribution in [0.25, 0.3) is 0 Å². The molecule has 0 bridgehead atoms. The Labute approximate surface area is 613 Å². The fourth-order valence-electron chi connectivity index (χ4n) is 12.0. The summed E-state index contributed by atoms with van der Waals surface area (Å²) in [6.45, 7) is 0.327. The van der Waals surface area contributed by atoms with Gasteiger partial charge in [0.25, 0.3) is 0 Å². The van der Waals surface area contributed by atoms with Crippen molar-refractivity contribution in [3.63, 3.8) is 0 Å². The minimum absolute atomic E-state index is 0.0495. The molecule has 574 valence electrons. The molecule has 1 unspecified atom stereocenters. The first-order valence-electron chi connectivity index (χ1n) is 35.2. The van der Waals surface area contributed by atoms with Crippen molar-refractivity contribution in [2.45, 2.75) is 182 Å². The molecule has 2 aliphatic rings. The molecule has 0 aromatic heterocycles. The molecular weight excluding hydrogens is 1380 g/mol. The summed E-state index contributed by atoms with van der Waals surface area (Å²) in [5, 5.41) is 30.8. The van der Waals surface area contributed by atoms with Crippen molar-refractivity contribution in [3.8, 4) is 5.75 Å². The number of unbranched alkanes of at least 4 members (excludes halogenated alkanes) is 2. The van der Waals surface area contributed by atoms with Crippen molar-refractivity contribution in [2.75, 3.05) is 51.3 Å². The quantitative estimate of drug-likeness (QED) is 0.0112. The lowest BCUT2D eigenvalue weighted by atomic mass is 9.98. The first-order valence-corrected chi connectivity index (χ1v) is 36.6. The van der Waals surface area contributed by atoms with E-state index in [1.165, 1.54) is 70.1 Å². The van der Waals surface area contributed by atoms with Crippen LogP contribution in [0.2, 0.25) is 0 Å². The van der Waals surface area contributed by atoms with E-state index in [0.717, 1.165) is 0 Å². The summed E-state index contributed by atoms with van der Waals surface area (Å²) in [4.78, 5) is 200. The van der Waals surface area contributed by atoms with Crippen LogP contribution in [-0.2, 0) is 75.2 Å². The molecule has 2 heterocycles. The third-order valence-electron chi connectivity index (χ3n) is 17.8. The summed E-state index contributed by atoms with van der Waals surface area (Å²) in [5.41, 5.74) is 46.7. The third kappa shape index (κ3) is 28.7. The molecule has 25 N–H and O–H groups in total. The smallest absolute Gasteiger partial charge is 0.245 e. The van der Waals surface area contributed by atoms with Crippen LogP contribution in [0, 0.1) is 0 Å². The Morgan fingerprint density at radius 3 is 1.48 bits per heavy atom. The maximum atomic E-state index is 15.0. The molecule has 35 heteroatoms. The number of amides is 13. The van der Waals surface area contributed by atoms with Crippen LogP contribution in [0.4, 0.5) is 0 Å². The fraction of sp³-hybridized carbons (Fsp3) is 0.529. The van der Waals surface area contributed by atoms with Crippen molar-refractivity contribution >= 4 is 100 Å². The molecular formula is C70H103N19O15S. The van der Waals surface area contributed by atoms with Gasteiger partial charge in [-0.2, -0.15) is 11.8 Å². The number of guanidine groups is 1. The number of carbonyl (C=O) groups excluding carboxylic acids is 14. The van der Waals surface area contributed by atoms with E-state index in [1.54, 1.807) is 30.3 Å². The first kappa shape index (κ1) is 85.4. The number of nitrogens with one attached hydrogen (secondary N) is 8. The number of aliphatic imine (C=N–C) groups is 1. The lowest BCUT2D eigenvalue weighted by Gasteiger charge is -2.32. The number of benzene rings is 3. The van der Waals surface area contributed by atoms with Gasteiger partial charge in [0.2, 0.25) is 76.8 Å². The van der Waals surface area contributed by atoms with Gasteiger partial charge < -0.3 is 103 Å². The summed E-state index contributed by atoms with van der Waals surface area (Å²) in [5.74, 6) is -10.8. The Balaban J connectivity index is 1.40. The summed E-state index contributed by atoms with van der Waals surface area (Å²) < 4.78 is 0. The normalized spacial score (nSPS) is 16.2. The number of phenolic OH excluding ortho intramolecular Hbond substituents is 1. The van der Waals surface area contributed by atoms with Crippen molar-refractivity contribution in [2.24, 2.45) is 50.9 Å². The van der Waals surface area contributed by atoms with Gasteiger partial charge in [0.05, 0.1) is 12.6 Å². The van der Waals surface area contributed by atoms with Crippen LogP contribution >= 0.6 is 11.8 Å². The molecule has 105 heavy (non-hydrogen) atoms. The van der Waals surface area contributed by atoms with Gasteiger partial charge in [0.15, 0.2) is 11.7 Å². The van der Waals surface area contributed by atoms with Crippen molar-refractivity contribution in [1.82, 2.24) is 52.3 Å². The average Bonchev–Trinajstić information content (AvgIpc) is 1.73. The summed E-state index contributed by atoms with van der Waals surface area (Å²) in [6, 6.07) is 6.76. The molecule has 10 atom stereocenters. The van der Waals surface area contributed by atoms with Gasteiger partial charge in [0.1, 0.15) is 60.1 Å². The Kier molecular flexibility index (Phi) is 36.1. The number of hydrogen-bond donors (Lipinski definition) is 17. The molecule has 0 saturated carbocycles. The number of nitrogens with two attached hydrogens (primary N) is 8. The van der Waals surface area contributed by atoms with Gasteiger partial charge in [-0.1, -0.05) is 54.6 Å². The molecule has 0 radical (unpaired) electrons. The van der Waals surface area contributed by atoms with Crippen LogP contribution in [0.1, 0.15) is 136 Å². The number of ketones is 1. The predicted molar refractivity (Wildman–Crippen MR) is 391 cm³/mol. The van der Waals surface area contributed by atoms with E-state index in [4.69, 9.17) is 45.9 Å².